The van der Waals surface area contributed by atoms with Crippen molar-refractivity contribution in [1.82, 2.24) is 14.3 Å². The summed E-state index contributed by atoms with van der Waals surface area (Å²) in [6.45, 7) is 0.472. The number of aliphatic carboxylic acids is 1. The lowest BCUT2D eigenvalue weighted by atomic mass is 10.2. The van der Waals surface area contributed by atoms with E-state index in [2.05, 4.69) is 5.10 Å². The third-order valence-corrected chi connectivity index (χ3v) is 4.61. The largest absolute Gasteiger partial charge is 0.485 e. The van der Waals surface area contributed by atoms with Gasteiger partial charge in [-0.2, -0.15) is 5.10 Å². The molecule has 0 fully saturated rings. The Kier molecular flexibility index (Phi) is 4.64. The topological polar surface area (TPSA) is 78.5 Å². The second-order valence-electron chi connectivity index (χ2n) is 6.04. The van der Waals surface area contributed by atoms with Crippen molar-refractivity contribution in [2.75, 3.05) is 6.61 Å². The van der Waals surface area contributed by atoms with Gasteiger partial charge in [0.05, 0.1) is 13.0 Å². The summed E-state index contributed by atoms with van der Waals surface area (Å²) < 4.78 is 15.6. The Morgan fingerprint density at radius 3 is 2.59 bits per heavy atom. The van der Waals surface area contributed by atoms with Crippen LogP contribution in [-0.2, 0) is 11.3 Å². The van der Waals surface area contributed by atoms with E-state index in [0.29, 0.717) is 22.1 Å². The number of carbonyl (C=O) groups is 1. The highest BCUT2D eigenvalue weighted by atomic mass is 32.1. The molecule has 0 radical (unpaired) electrons. The third kappa shape index (κ3) is 3.43. The van der Waals surface area contributed by atoms with Crippen LogP contribution in [0.25, 0.3) is 5.69 Å². The van der Waals surface area contributed by atoms with Crippen LogP contribution >= 0.6 is 12.2 Å². The molecule has 1 atom stereocenters. The van der Waals surface area contributed by atoms with Crippen LogP contribution in [0.3, 0.4) is 0 Å². The molecule has 1 aliphatic heterocycles. The maximum Gasteiger partial charge on any atom is 0.305 e. The number of benzene rings is 2. The van der Waals surface area contributed by atoms with Crippen molar-refractivity contribution < 1.29 is 19.4 Å². The smallest absolute Gasteiger partial charge is 0.305 e. The summed E-state index contributed by atoms with van der Waals surface area (Å²) in [5.74, 6) is 0.994. The van der Waals surface area contributed by atoms with Crippen LogP contribution in [0, 0.1) is 4.77 Å². The number of para-hydroxylation sites is 3. The van der Waals surface area contributed by atoms with Gasteiger partial charge in [0.1, 0.15) is 6.61 Å². The van der Waals surface area contributed by atoms with E-state index in [1.165, 1.54) is 4.68 Å². The molecule has 1 unspecified atom stereocenters. The van der Waals surface area contributed by atoms with Gasteiger partial charge in [-0.05, 0) is 36.5 Å². The minimum absolute atomic E-state index is 0.0651. The molecule has 0 saturated heterocycles. The monoisotopic (exact) mass is 383 g/mol. The average Bonchev–Trinajstić information content (AvgIpc) is 3.03. The zero-order valence-corrected chi connectivity index (χ0v) is 15.1. The molecule has 7 nitrogen and oxygen atoms in total. The van der Waals surface area contributed by atoms with E-state index in [0.717, 1.165) is 5.69 Å². The van der Waals surface area contributed by atoms with Gasteiger partial charge in [-0.25, -0.2) is 4.68 Å². The number of nitrogens with zero attached hydrogens (tertiary/aromatic N) is 3. The summed E-state index contributed by atoms with van der Waals surface area (Å²) in [7, 11) is 0. The van der Waals surface area contributed by atoms with Gasteiger partial charge in [-0.15, -0.1) is 0 Å². The van der Waals surface area contributed by atoms with Gasteiger partial charge in [0.15, 0.2) is 23.4 Å². The Bertz CT molecular complexity index is 1030. The summed E-state index contributed by atoms with van der Waals surface area (Å²) in [6.07, 6.45) is -0.530. The number of ether oxygens (including phenoxy) is 2. The van der Waals surface area contributed by atoms with E-state index in [1.54, 1.807) is 4.57 Å². The van der Waals surface area contributed by atoms with E-state index >= 15 is 0 Å². The highest BCUT2D eigenvalue weighted by molar-refractivity contribution is 7.71. The number of hydrogen-bond donors (Lipinski definition) is 1. The summed E-state index contributed by atoms with van der Waals surface area (Å²) >= 11 is 5.57. The molecule has 27 heavy (non-hydrogen) atoms. The first-order valence-electron chi connectivity index (χ1n) is 8.49. The van der Waals surface area contributed by atoms with E-state index in [4.69, 9.17) is 26.8 Å². The SMILES string of the molecule is O=C(O)CCn1nc(C2COc3ccccc3O2)n(-c2ccccc2)c1=S. The van der Waals surface area contributed by atoms with Gasteiger partial charge in [-0.3, -0.25) is 9.36 Å². The van der Waals surface area contributed by atoms with Crippen molar-refractivity contribution in [3.63, 3.8) is 0 Å². The predicted molar refractivity (Wildman–Crippen MR) is 99.9 cm³/mol. The van der Waals surface area contributed by atoms with Gasteiger partial charge in [0, 0.05) is 5.69 Å². The van der Waals surface area contributed by atoms with Crippen molar-refractivity contribution in [3.8, 4) is 17.2 Å². The molecule has 0 spiro atoms. The van der Waals surface area contributed by atoms with Gasteiger partial charge in [0.2, 0.25) is 4.77 Å². The first kappa shape index (κ1) is 17.3. The zero-order valence-electron chi connectivity index (χ0n) is 14.3. The van der Waals surface area contributed by atoms with Crippen molar-refractivity contribution in [3.05, 3.63) is 65.2 Å². The van der Waals surface area contributed by atoms with Gasteiger partial charge < -0.3 is 14.6 Å². The van der Waals surface area contributed by atoms with Crippen LogP contribution in [0.4, 0.5) is 0 Å². The Morgan fingerprint density at radius 1 is 1.15 bits per heavy atom. The number of aryl methyl sites for hydroxylation is 1. The first-order valence-corrected chi connectivity index (χ1v) is 8.90. The van der Waals surface area contributed by atoms with E-state index in [9.17, 15) is 4.79 Å². The van der Waals surface area contributed by atoms with Gasteiger partial charge >= 0.3 is 5.97 Å². The van der Waals surface area contributed by atoms with Gasteiger partial charge in [0.25, 0.3) is 0 Å². The fraction of sp³-hybridized carbons (Fsp3) is 0.211. The number of rotatable bonds is 5. The maximum atomic E-state index is 11.0. The minimum Gasteiger partial charge on any atom is -0.485 e. The van der Waals surface area contributed by atoms with Crippen LogP contribution in [0.5, 0.6) is 11.5 Å². The second kappa shape index (κ2) is 7.24. The molecule has 1 N–H and O–H groups in total. The zero-order chi connectivity index (χ0) is 18.8. The predicted octanol–water partition coefficient (Wildman–Crippen LogP) is 3.39. The lowest BCUT2D eigenvalue weighted by Gasteiger charge is -2.26. The van der Waals surface area contributed by atoms with Gasteiger partial charge in [-0.1, -0.05) is 30.3 Å². The summed E-state index contributed by atoms with van der Waals surface area (Å²) in [6, 6.07) is 17.0. The average molecular weight is 383 g/mol. The number of carboxylic acids is 1. The fourth-order valence-corrected chi connectivity index (χ4v) is 3.28. The number of hydrogen-bond acceptors (Lipinski definition) is 5. The second-order valence-corrected chi connectivity index (χ2v) is 6.41. The lowest BCUT2D eigenvalue weighted by molar-refractivity contribution is -0.137. The quantitative estimate of drug-likeness (QED) is 0.681. The van der Waals surface area contributed by atoms with Crippen LogP contribution in [0.1, 0.15) is 18.3 Å². The number of carboxylic acid groups (broad SMARTS) is 1. The highest BCUT2D eigenvalue weighted by Crippen LogP contribution is 2.36. The van der Waals surface area contributed by atoms with Crippen molar-refractivity contribution >= 4 is 18.2 Å². The molecular formula is C19H17N3O4S. The van der Waals surface area contributed by atoms with Crippen LogP contribution in [0.2, 0.25) is 0 Å². The molecule has 138 valence electrons. The van der Waals surface area contributed by atoms with Crippen LogP contribution in [-0.4, -0.2) is 32.0 Å². The molecular weight excluding hydrogens is 366 g/mol. The highest BCUT2D eigenvalue weighted by Gasteiger charge is 2.28. The molecule has 0 aliphatic carbocycles. The van der Waals surface area contributed by atoms with Crippen molar-refractivity contribution in [2.45, 2.75) is 19.1 Å². The molecule has 1 aliphatic rings. The molecule has 3 aromatic rings. The van der Waals surface area contributed by atoms with E-state index in [-0.39, 0.29) is 19.6 Å². The van der Waals surface area contributed by atoms with Crippen LogP contribution in [0.15, 0.2) is 54.6 Å². The fourth-order valence-electron chi connectivity index (χ4n) is 2.95. The molecule has 0 amide bonds. The molecule has 0 bridgehead atoms. The molecule has 2 heterocycles. The molecule has 4 rings (SSSR count). The Labute approximate surface area is 160 Å². The summed E-state index contributed by atoms with van der Waals surface area (Å²) in [5, 5.41) is 13.6. The first-order chi connectivity index (χ1) is 13.1. The standard InChI is InChI=1S/C19H17N3O4S/c23-17(24)10-11-21-19(27)22(13-6-2-1-3-7-13)18(20-21)16-12-25-14-8-4-5-9-15(14)26-16/h1-9,16H,10-12H2,(H,23,24). The Hall–Kier alpha value is -3.13. The molecule has 2 aromatic carbocycles. The number of fused-ring (bicyclic) bond motifs is 1. The lowest BCUT2D eigenvalue weighted by Crippen LogP contribution is -2.24. The maximum absolute atomic E-state index is 11.0. The summed E-state index contributed by atoms with van der Waals surface area (Å²) in [4.78, 5) is 11.0. The molecule has 8 heteroatoms. The number of aromatic nitrogens is 3. The normalized spacial score (nSPS) is 15.5. The Morgan fingerprint density at radius 2 is 1.85 bits per heavy atom. The Balaban J connectivity index is 1.76. The van der Waals surface area contributed by atoms with Crippen molar-refractivity contribution in [1.29, 1.82) is 0 Å². The van der Waals surface area contributed by atoms with Crippen molar-refractivity contribution in [2.24, 2.45) is 0 Å². The molecule has 0 saturated carbocycles. The third-order valence-electron chi connectivity index (χ3n) is 4.21. The van der Waals surface area contributed by atoms with E-state index < -0.39 is 12.1 Å². The van der Waals surface area contributed by atoms with Crippen LogP contribution < -0.4 is 9.47 Å². The summed E-state index contributed by atoms with van der Waals surface area (Å²) in [5.41, 5.74) is 0.835. The minimum atomic E-state index is -0.904. The molecule has 1 aromatic heterocycles. The van der Waals surface area contributed by atoms with E-state index in [1.807, 2.05) is 54.6 Å².